The maximum atomic E-state index is 13.5. The molecule has 2 aromatic carbocycles. The van der Waals surface area contributed by atoms with Gasteiger partial charge in [-0.1, -0.05) is 18.2 Å². The van der Waals surface area contributed by atoms with Crippen LogP contribution in [-0.2, 0) is 6.18 Å². The number of halogens is 3. The summed E-state index contributed by atoms with van der Waals surface area (Å²) in [6, 6.07) is 13.5. The number of rotatable bonds is 1. The maximum absolute atomic E-state index is 13.5. The van der Waals surface area contributed by atoms with Crippen molar-refractivity contribution in [1.29, 1.82) is 0 Å². The molecule has 0 radical (unpaired) electrons. The normalized spacial score (nSPS) is 12.3. The summed E-state index contributed by atoms with van der Waals surface area (Å²) in [5.74, 6) is -0.328. The molecule has 0 aliphatic rings. The van der Waals surface area contributed by atoms with Gasteiger partial charge >= 0.3 is 6.18 Å². The molecule has 0 saturated heterocycles. The Hall–Kier alpha value is -2.76. The largest absolute Gasteiger partial charge is 0.497 e. The van der Waals surface area contributed by atoms with E-state index >= 15 is 0 Å². The van der Waals surface area contributed by atoms with Crippen LogP contribution in [0.3, 0.4) is 0 Å². The fourth-order valence-electron chi connectivity index (χ4n) is 2.89. The zero-order valence-electron chi connectivity index (χ0n) is 12.1. The third-order valence-corrected chi connectivity index (χ3v) is 3.88. The molecule has 2 aromatic heterocycles. The Morgan fingerprint density at radius 1 is 1.00 bits per heavy atom. The summed E-state index contributed by atoms with van der Waals surface area (Å²) in [4.78, 5) is 3.85. The average molecular weight is 316 g/mol. The summed E-state index contributed by atoms with van der Waals surface area (Å²) >= 11 is 0. The highest BCUT2D eigenvalue weighted by molar-refractivity contribution is 6.01. The first-order valence-electron chi connectivity index (χ1n) is 6.94. The number of hydrogen-bond acceptors (Lipinski definition) is 2. The van der Waals surface area contributed by atoms with Crippen LogP contribution in [0.1, 0.15) is 5.82 Å². The molecule has 2 heterocycles. The zero-order chi connectivity index (χ0) is 16.2. The number of fused-ring (bicyclic) bond motifs is 5. The molecule has 6 heteroatoms. The lowest BCUT2D eigenvalue weighted by molar-refractivity contribution is -0.145. The Kier molecular flexibility index (Phi) is 2.78. The van der Waals surface area contributed by atoms with Gasteiger partial charge in [-0.2, -0.15) is 13.2 Å². The molecule has 0 bridgehead atoms. The third-order valence-electron chi connectivity index (χ3n) is 3.88. The van der Waals surface area contributed by atoms with Crippen molar-refractivity contribution in [3.8, 4) is 5.75 Å². The highest BCUT2D eigenvalue weighted by Gasteiger charge is 2.36. The first kappa shape index (κ1) is 13.9. The second-order valence-electron chi connectivity index (χ2n) is 5.24. The van der Waals surface area contributed by atoms with E-state index in [2.05, 4.69) is 4.98 Å². The quantitative estimate of drug-likeness (QED) is 0.510. The molecule has 0 fully saturated rings. The Morgan fingerprint density at radius 2 is 1.78 bits per heavy atom. The van der Waals surface area contributed by atoms with Crippen LogP contribution in [0, 0.1) is 0 Å². The van der Waals surface area contributed by atoms with E-state index in [0.717, 1.165) is 4.40 Å². The van der Waals surface area contributed by atoms with E-state index in [-0.39, 0.29) is 0 Å². The van der Waals surface area contributed by atoms with E-state index in [1.54, 1.807) is 48.5 Å². The number of nitrogens with zero attached hydrogens (tertiary/aromatic N) is 2. The van der Waals surface area contributed by atoms with Crippen molar-refractivity contribution in [2.75, 3.05) is 7.11 Å². The lowest BCUT2D eigenvalue weighted by Gasteiger charge is -2.12. The van der Waals surface area contributed by atoms with E-state index in [9.17, 15) is 13.2 Å². The fraction of sp³-hybridized carbons (Fsp3) is 0.118. The van der Waals surface area contributed by atoms with Gasteiger partial charge in [-0.05, 0) is 30.3 Å². The minimum absolute atomic E-state index is 0.321. The minimum Gasteiger partial charge on any atom is -0.497 e. The van der Waals surface area contributed by atoms with Gasteiger partial charge in [0.05, 0.1) is 23.7 Å². The molecule has 0 N–H and O–H groups in total. The van der Waals surface area contributed by atoms with Gasteiger partial charge in [0, 0.05) is 10.8 Å². The molecule has 116 valence electrons. The maximum Gasteiger partial charge on any atom is 0.450 e. The first-order chi connectivity index (χ1) is 11.0. The predicted octanol–water partition coefficient (Wildman–Crippen LogP) is 4.67. The zero-order valence-corrected chi connectivity index (χ0v) is 12.1. The first-order valence-corrected chi connectivity index (χ1v) is 6.94. The molecule has 4 rings (SSSR count). The molecule has 0 atom stereocenters. The van der Waals surface area contributed by atoms with Crippen LogP contribution in [0.4, 0.5) is 13.2 Å². The highest BCUT2D eigenvalue weighted by atomic mass is 19.4. The molecule has 0 unspecified atom stereocenters. The van der Waals surface area contributed by atoms with Crippen LogP contribution >= 0.6 is 0 Å². The summed E-state index contributed by atoms with van der Waals surface area (Å²) in [5.41, 5.74) is 1.25. The van der Waals surface area contributed by atoms with Crippen molar-refractivity contribution in [3.05, 3.63) is 54.4 Å². The molecule has 4 aromatic rings. The van der Waals surface area contributed by atoms with E-state index in [1.807, 2.05) is 0 Å². The van der Waals surface area contributed by atoms with Gasteiger partial charge in [-0.3, -0.25) is 4.40 Å². The second kappa shape index (κ2) is 4.62. The van der Waals surface area contributed by atoms with Crippen LogP contribution in [-0.4, -0.2) is 16.5 Å². The SMILES string of the molecule is COc1ccc2c(c1)cc1c3ccccc3nc(C(F)(F)F)n21. The number of methoxy groups -OCH3 is 1. The van der Waals surface area contributed by atoms with Crippen molar-refractivity contribution in [2.45, 2.75) is 6.18 Å². The van der Waals surface area contributed by atoms with Crippen molar-refractivity contribution in [2.24, 2.45) is 0 Å². The predicted molar refractivity (Wildman–Crippen MR) is 81.8 cm³/mol. The number of ether oxygens (including phenoxy) is 1. The lowest BCUT2D eigenvalue weighted by atomic mass is 10.2. The molecular weight excluding hydrogens is 305 g/mol. The van der Waals surface area contributed by atoms with Gasteiger partial charge in [-0.15, -0.1) is 0 Å². The smallest absolute Gasteiger partial charge is 0.450 e. The van der Waals surface area contributed by atoms with Crippen LogP contribution in [0.25, 0.3) is 27.3 Å². The Morgan fingerprint density at radius 3 is 2.52 bits per heavy atom. The molecule has 3 nitrogen and oxygen atoms in total. The topological polar surface area (TPSA) is 26.5 Å². The molecular formula is C17H11F3N2O. The van der Waals surface area contributed by atoms with Gasteiger partial charge in [0.2, 0.25) is 5.82 Å². The van der Waals surface area contributed by atoms with Crippen molar-refractivity contribution in [3.63, 3.8) is 0 Å². The number of alkyl halides is 3. The van der Waals surface area contributed by atoms with Crippen molar-refractivity contribution in [1.82, 2.24) is 9.38 Å². The van der Waals surface area contributed by atoms with Crippen LogP contribution < -0.4 is 4.74 Å². The van der Waals surface area contributed by atoms with E-state index < -0.39 is 12.0 Å². The molecule has 0 aliphatic heterocycles. The monoisotopic (exact) mass is 316 g/mol. The minimum atomic E-state index is -4.55. The van der Waals surface area contributed by atoms with Crippen LogP contribution in [0.2, 0.25) is 0 Å². The average Bonchev–Trinajstić information content (AvgIpc) is 2.91. The second-order valence-corrected chi connectivity index (χ2v) is 5.24. The summed E-state index contributed by atoms with van der Waals surface area (Å²) < 4.78 is 46.8. The molecule has 23 heavy (non-hydrogen) atoms. The summed E-state index contributed by atoms with van der Waals surface area (Å²) in [6.45, 7) is 0. The Bertz CT molecular complexity index is 1050. The van der Waals surface area contributed by atoms with Crippen molar-refractivity contribution < 1.29 is 17.9 Å². The van der Waals surface area contributed by atoms with Gasteiger partial charge in [0.25, 0.3) is 0 Å². The molecule has 0 spiro atoms. The Labute approximate surface area is 128 Å². The molecule has 0 amide bonds. The third kappa shape index (κ3) is 2.02. The molecule has 0 aliphatic carbocycles. The lowest BCUT2D eigenvalue weighted by Crippen LogP contribution is -2.14. The summed E-state index contributed by atoms with van der Waals surface area (Å²) in [7, 11) is 1.52. The summed E-state index contributed by atoms with van der Waals surface area (Å²) in [5, 5.41) is 1.35. The van der Waals surface area contributed by atoms with Gasteiger partial charge in [0.15, 0.2) is 0 Å². The standard InChI is InChI=1S/C17H11F3N2O/c1-23-11-6-7-14-10(8-11)9-15-12-4-2-3-5-13(12)21-16(22(14)15)17(18,19)20/h2-9H,1H3. The molecule has 0 saturated carbocycles. The number of benzene rings is 2. The highest BCUT2D eigenvalue weighted by Crippen LogP contribution is 2.35. The number of para-hydroxylation sites is 1. The Balaban J connectivity index is 2.25. The van der Waals surface area contributed by atoms with E-state index in [0.29, 0.717) is 33.1 Å². The van der Waals surface area contributed by atoms with Gasteiger partial charge in [-0.25, -0.2) is 4.98 Å². The van der Waals surface area contributed by atoms with Gasteiger partial charge < -0.3 is 4.74 Å². The van der Waals surface area contributed by atoms with E-state index in [1.165, 1.54) is 7.11 Å². The summed E-state index contributed by atoms with van der Waals surface area (Å²) in [6.07, 6.45) is -4.55. The number of aromatic nitrogens is 2. The van der Waals surface area contributed by atoms with Crippen LogP contribution in [0.15, 0.2) is 48.5 Å². The number of hydrogen-bond donors (Lipinski definition) is 0. The van der Waals surface area contributed by atoms with E-state index in [4.69, 9.17) is 4.74 Å². The fourth-order valence-corrected chi connectivity index (χ4v) is 2.89. The van der Waals surface area contributed by atoms with Crippen molar-refractivity contribution >= 4 is 27.3 Å². The van der Waals surface area contributed by atoms with Gasteiger partial charge in [0.1, 0.15) is 5.75 Å². The van der Waals surface area contributed by atoms with Crippen LogP contribution in [0.5, 0.6) is 5.75 Å².